The molecule has 6 heteroatoms. The fourth-order valence-corrected chi connectivity index (χ4v) is 3.77. The minimum Gasteiger partial charge on any atom is -0.454 e. The highest BCUT2D eigenvalue weighted by atomic mass is 16.4. The number of aryl methyl sites for hydroxylation is 1. The molecule has 1 amide bonds. The first kappa shape index (κ1) is 17.3. The second-order valence-corrected chi connectivity index (χ2v) is 7.59. The Morgan fingerprint density at radius 1 is 1.31 bits per heavy atom. The third-order valence-electron chi connectivity index (χ3n) is 5.67. The van der Waals surface area contributed by atoms with E-state index in [9.17, 15) is 4.79 Å². The normalized spacial score (nSPS) is 19.5. The maximum atomic E-state index is 13.1. The van der Waals surface area contributed by atoms with Crippen LogP contribution < -0.4 is 0 Å². The predicted octanol–water partition coefficient (Wildman–Crippen LogP) is 3.36. The van der Waals surface area contributed by atoms with Gasteiger partial charge in [0.15, 0.2) is 5.76 Å². The Labute approximate surface area is 154 Å². The number of rotatable bonds is 6. The van der Waals surface area contributed by atoms with Crippen LogP contribution >= 0.6 is 0 Å². The number of amides is 1. The fraction of sp³-hybridized carbons (Fsp3) is 0.600. The number of piperidine rings is 1. The van der Waals surface area contributed by atoms with Gasteiger partial charge >= 0.3 is 0 Å². The molecular weight excluding hydrogens is 328 g/mol. The largest absolute Gasteiger partial charge is 0.454 e. The molecule has 1 saturated carbocycles. The van der Waals surface area contributed by atoms with E-state index < -0.39 is 0 Å². The topological polar surface area (TPSA) is 54.5 Å². The molecule has 0 radical (unpaired) electrons. The number of nitrogens with zero attached hydrogens (tertiary/aromatic N) is 4. The van der Waals surface area contributed by atoms with Gasteiger partial charge in [-0.15, -0.1) is 0 Å². The molecule has 6 nitrogen and oxygen atoms in total. The molecule has 3 heterocycles. The lowest BCUT2D eigenvalue weighted by atomic mass is 10.1. The molecule has 1 aliphatic heterocycles. The maximum Gasteiger partial charge on any atom is 0.290 e. The Morgan fingerprint density at radius 3 is 2.73 bits per heavy atom. The number of hydrogen-bond acceptors (Lipinski definition) is 4. The molecular formula is C20H28N4O2. The summed E-state index contributed by atoms with van der Waals surface area (Å²) >= 11 is 0. The van der Waals surface area contributed by atoms with E-state index in [0.29, 0.717) is 18.3 Å². The van der Waals surface area contributed by atoms with E-state index in [-0.39, 0.29) is 11.9 Å². The maximum absolute atomic E-state index is 13.1. The molecule has 2 aromatic rings. The quantitative estimate of drug-likeness (QED) is 0.796. The summed E-state index contributed by atoms with van der Waals surface area (Å²) in [6.07, 6.45) is 9.62. The van der Waals surface area contributed by atoms with Crippen molar-refractivity contribution in [3.05, 3.63) is 41.9 Å². The lowest BCUT2D eigenvalue weighted by Crippen LogP contribution is -2.33. The number of carbonyl (C=O) groups excluding carboxylic acids is 1. The predicted molar refractivity (Wildman–Crippen MR) is 98.7 cm³/mol. The first-order valence-corrected chi connectivity index (χ1v) is 9.74. The van der Waals surface area contributed by atoms with Crippen molar-refractivity contribution in [1.29, 1.82) is 0 Å². The van der Waals surface area contributed by atoms with Gasteiger partial charge in [0.05, 0.1) is 12.6 Å². The van der Waals surface area contributed by atoms with Crippen LogP contribution in [0.2, 0.25) is 0 Å². The molecule has 2 aliphatic rings. The van der Waals surface area contributed by atoms with Gasteiger partial charge in [-0.25, -0.2) is 4.98 Å². The molecule has 1 saturated heterocycles. The van der Waals surface area contributed by atoms with Crippen LogP contribution in [0.3, 0.4) is 0 Å². The lowest BCUT2D eigenvalue weighted by molar-refractivity contribution is 0.0683. The van der Waals surface area contributed by atoms with Crippen molar-refractivity contribution < 1.29 is 9.21 Å². The Morgan fingerprint density at radius 2 is 2.08 bits per heavy atom. The van der Waals surface area contributed by atoms with Crippen molar-refractivity contribution in [1.82, 2.24) is 19.4 Å². The van der Waals surface area contributed by atoms with Gasteiger partial charge in [-0.3, -0.25) is 9.69 Å². The molecule has 1 aliphatic carbocycles. The van der Waals surface area contributed by atoms with Crippen molar-refractivity contribution in [3.8, 4) is 0 Å². The third-order valence-corrected chi connectivity index (χ3v) is 5.67. The van der Waals surface area contributed by atoms with Gasteiger partial charge < -0.3 is 13.9 Å². The molecule has 0 aromatic carbocycles. The summed E-state index contributed by atoms with van der Waals surface area (Å²) in [5.41, 5.74) is 0. The van der Waals surface area contributed by atoms with Crippen LogP contribution in [0.1, 0.15) is 67.2 Å². The van der Waals surface area contributed by atoms with Gasteiger partial charge in [0.2, 0.25) is 0 Å². The monoisotopic (exact) mass is 356 g/mol. The van der Waals surface area contributed by atoms with Gasteiger partial charge in [-0.2, -0.15) is 0 Å². The summed E-state index contributed by atoms with van der Waals surface area (Å²) in [6, 6.07) is 4.35. The number of hydrogen-bond donors (Lipinski definition) is 0. The standard InChI is InChI=1S/C20H28N4O2/c1-15(23-11-4-3-5-12-23)17-8-9-18(26-17)20(25)24(16-6-7-16)14-19-21-10-13-22(19)2/h8-10,13,15-16H,3-7,11-12,14H2,1-2H3/t15-/m1/s1. The van der Waals surface area contributed by atoms with Gasteiger partial charge in [-0.1, -0.05) is 6.42 Å². The average molecular weight is 356 g/mol. The molecule has 0 bridgehead atoms. The summed E-state index contributed by atoms with van der Waals surface area (Å²) in [7, 11) is 1.96. The average Bonchev–Trinajstić information content (AvgIpc) is 3.24. The van der Waals surface area contributed by atoms with E-state index in [0.717, 1.165) is 37.5 Å². The zero-order valence-corrected chi connectivity index (χ0v) is 15.7. The Hall–Kier alpha value is -2.08. The second-order valence-electron chi connectivity index (χ2n) is 7.59. The molecule has 2 fully saturated rings. The van der Waals surface area contributed by atoms with Crippen molar-refractivity contribution in [3.63, 3.8) is 0 Å². The van der Waals surface area contributed by atoms with Crippen molar-refractivity contribution in [2.75, 3.05) is 13.1 Å². The zero-order valence-electron chi connectivity index (χ0n) is 15.7. The van der Waals surface area contributed by atoms with E-state index in [4.69, 9.17) is 4.42 Å². The van der Waals surface area contributed by atoms with E-state index in [1.165, 1.54) is 19.3 Å². The number of carbonyl (C=O) groups is 1. The Kier molecular flexibility index (Phi) is 4.85. The molecule has 140 valence electrons. The van der Waals surface area contributed by atoms with Crippen LogP contribution in [0.25, 0.3) is 0 Å². The number of imidazole rings is 1. The smallest absolute Gasteiger partial charge is 0.290 e. The first-order chi connectivity index (χ1) is 12.6. The third kappa shape index (κ3) is 3.56. The highest BCUT2D eigenvalue weighted by molar-refractivity contribution is 5.92. The van der Waals surface area contributed by atoms with Crippen LogP contribution in [0.5, 0.6) is 0 Å². The highest BCUT2D eigenvalue weighted by Crippen LogP contribution is 2.31. The summed E-state index contributed by atoms with van der Waals surface area (Å²) < 4.78 is 7.98. The summed E-state index contributed by atoms with van der Waals surface area (Å²) in [6.45, 7) is 4.92. The van der Waals surface area contributed by atoms with Crippen LogP contribution in [0.15, 0.2) is 28.9 Å². The highest BCUT2D eigenvalue weighted by Gasteiger charge is 2.35. The molecule has 0 spiro atoms. The second kappa shape index (κ2) is 7.27. The number of likely N-dealkylation sites (tertiary alicyclic amines) is 1. The Balaban J connectivity index is 1.48. The summed E-state index contributed by atoms with van der Waals surface area (Å²) in [4.78, 5) is 21.8. The number of furan rings is 1. The van der Waals surface area contributed by atoms with Crippen molar-refractivity contribution in [2.45, 2.75) is 57.7 Å². The minimum atomic E-state index is -0.0207. The Bertz CT molecular complexity index is 755. The van der Waals surface area contributed by atoms with E-state index >= 15 is 0 Å². The molecule has 1 atom stereocenters. The van der Waals surface area contributed by atoms with Crippen LogP contribution in [0, 0.1) is 0 Å². The van der Waals surface area contributed by atoms with Gasteiger partial charge in [0.25, 0.3) is 5.91 Å². The molecule has 26 heavy (non-hydrogen) atoms. The van der Waals surface area contributed by atoms with Crippen LogP contribution in [-0.4, -0.2) is 44.4 Å². The van der Waals surface area contributed by atoms with Crippen molar-refractivity contribution >= 4 is 5.91 Å². The van der Waals surface area contributed by atoms with E-state index in [1.54, 1.807) is 6.20 Å². The molecule has 0 unspecified atom stereocenters. The SMILES string of the molecule is C[C@H](c1ccc(C(=O)N(Cc2nccn2C)C2CC2)o1)N1CCCCC1. The van der Waals surface area contributed by atoms with Crippen molar-refractivity contribution in [2.24, 2.45) is 7.05 Å². The lowest BCUT2D eigenvalue weighted by Gasteiger charge is -2.31. The summed E-state index contributed by atoms with van der Waals surface area (Å²) in [5, 5.41) is 0. The minimum absolute atomic E-state index is 0.0207. The summed E-state index contributed by atoms with van der Waals surface area (Å²) in [5.74, 6) is 2.22. The van der Waals surface area contributed by atoms with E-state index in [2.05, 4.69) is 16.8 Å². The molecule has 2 aromatic heterocycles. The number of aromatic nitrogens is 2. The van der Waals surface area contributed by atoms with Gasteiger partial charge in [0, 0.05) is 25.5 Å². The first-order valence-electron chi connectivity index (χ1n) is 9.74. The van der Waals surface area contributed by atoms with Gasteiger partial charge in [0.1, 0.15) is 11.6 Å². The van der Waals surface area contributed by atoms with Gasteiger partial charge in [-0.05, 0) is 57.8 Å². The molecule has 0 N–H and O–H groups in total. The van der Waals surface area contributed by atoms with Crippen LogP contribution in [0.4, 0.5) is 0 Å². The fourth-order valence-electron chi connectivity index (χ4n) is 3.77. The molecule has 4 rings (SSSR count). The van der Waals surface area contributed by atoms with Crippen LogP contribution in [-0.2, 0) is 13.6 Å². The zero-order chi connectivity index (χ0) is 18.1. The van der Waals surface area contributed by atoms with E-state index in [1.807, 2.05) is 34.8 Å².